The molecular formula is C18H21ClN2. The fourth-order valence-electron chi connectivity index (χ4n) is 3.20. The molecule has 0 radical (unpaired) electrons. The van der Waals surface area contributed by atoms with Crippen molar-refractivity contribution in [1.29, 1.82) is 0 Å². The van der Waals surface area contributed by atoms with Crippen LogP contribution in [-0.4, -0.2) is 0 Å². The molecular weight excluding hydrogens is 280 g/mol. The standard InChI is InChI=1S/C18H21ClN2/c1-2-17(12-3-6-14(19)7-4-12)21-18-10-5-13-11-15(20)8-9-16(13)18/h3-4,6-9,11,17-18,21H,2,5,10,20H2,1H3. The van der Waals surface area contributed by atoms with Crippen LogP contribution in [0, 0.1) is 0 Å². The average Bonchev–Trinajstić information content (AvgIpc) is 2.88. The molecule has 3 N–H and O–H groups in total. The number of anilines is 1. The highest BCUT2D eigenvalue weighted by atomic mass is 35.5. The Morgan fingerprint density at radius 3 is 2.71 bits per heavy atom. The molecule has 21 heavy (non-hydrogen) atoms. The predicted molar refractivity (Wildman–Crippen MR) is 89.5 cm³/mol. The first-order chi connectivity index (χ1) is 10.2. The lowest BCUT2D eigenvalue weighted by molar-refractivity contribution is 0.433. The molecule has 0 fully saturated rings. The van der Waals surface area contributed by atoms with Gasteiger partial charge in [0.25, 0.3) is 0 Å². The topological polar surface area (TPSA) is 38.0 Å². The smallest absolute Gasteiger partial charge is 0.0406 e. The van der Waals surface area contributed by atoms with Crippen molar-refractivity contribution in [2.24, 2.45) is 0 Å². The molecule has 2 aromatic rings. The van der Waals surface area contributed by atoms with Crippen molar-refractivity contribution in [3.63, 3.8) is 0 Å². The molecule has 2 atom stereocenters. The molecule has 2 unspecified atom stereocenters. The summed E-state index contributed by atoms with van der Waals surface area (Å²) in [6.45, 7) is 2.21. The molecule has 110 valence electrons. The fourth-order valence-corrected chi connectivity index (χ4v) is 3.32. The summed E-state index contributed by atoms with van der Waals surface area (Å²) >= 11 is 5.98. The molecule has 3 rings (SSSR count). The minimum Gasteiger partial charge on any atom is -0.399 e. The van der Waals surface area contributed by atoms with Gasteiger partial charge in [0.05, 0.1) is 0 Å². The summed E-state index contributed by atoms with van der Waals surface area (Å²) in [5.74, 6) is 0. The summed E-state index contributed by atoms with van der Waals surface area (Å²) in [7, 11) is 0. The van der Waals surface area contributed by atoms with E-state index in [2.05, 4.69) is 36.5 Å². The van der Waals surface area contributed by atoms with Crippen LogP contribution >= 0.6 is 11.6 Å². The molecule has 0 amide bonds. The number of rotatable bonds is 4. The van der Waals surface area contributed by atoms with Crippen LogP contribution in [0.5, 0.6) is 0 Å². The van der Waals surface area contributed by atoms with E-state index in [4.69, 9.17) is 17.3 Å². The first-order valence-electron chi connectivity index (χ1n) is 7.57. The second kappa shape index (κ2) is 6.08. The Hall–Kier alpha value is -1.51. The molecule has 2 nitrogen and oxygen atoms in total. The Morgan fingerprint density at radius 1 is 1.24 bits per heavy atom. The van der Waals surface area contributed by atoms with Crippen molar-refractivity contribution in [2.75, 3.05) is 5.73 Å². The van der Waals surface area contributed by atoms with Gasteiger partial charge in [-0.2, -0.15) is 0 Å². The summed E-state index contributed by atoms with van der Waals surface area (Å²) in [4.78, 5) is 0. The maximum absolute atomic E-state index is 5.98. The van der Waals surface area contributed by atoms with E-state index in [0.29, 0.717) is 12.1 Å². The number of aryl methyl sites for hydroxylation is 1. The summed E-state index contributed by atoms with van der Waals surface area (Å²) in [6, 6.07) is 15.2. The Bertz CT molecular complexity index is 622. The SMILES string of the molecule is CCC(NC1CCc2cc(N)ccc21)c1ccc(Cl)cc1. The zero-order valence-electron chi connectivity index (χ0n) is 12.3. The van der Waals surface area contributed by atoms with Crippen LogP contribution in [0.15, 0.2) is 42.5 Å². The number of benzene rings is 2. The number of nitrogens with two attached hydrogens (primary N) is 1. The van der Waals surface area contributed by atoms with Gasteiger partial charge in [-0.3, -0.25) is 0 Å². The van der Waals surface area contributed by atoms with Gasteiger partial charge in [-0.05, 0) is 60.2 Å². The van der Waals surface area contributed by atoms with Gasteiger partial charge in [0.15, 0.2) is 0 Å². The minimum absolute atomic E-state index is 0.357. The summed E-state index contributed by atoms with van der Waals surface area (Å²) in [5, 5.41) is 4.58. The summed E-state index contributed by atoms with van der Waals surface area (Å²) < 4.78 is 0. The first-order valence-corrected chi connectivity index (χ1v) is 7.95. The molecule has 0 saturated carbocycles. The highest BCUT2D eigenvalue weighted by Crippen LogP contribution is 2.34. The second-order valence-electron chi connectivity index (χ2n) is 5.73. The summed E-state index contributed by atoms with van der Waals surface area (Å²) in [5.41, 5.74) is 10.8. The van der Waals surface area contributed by atoms with Crippen molar-refractivity contribution in [1.82, 2.24) is 5.32 Å². The molecule has 0 spiro atoms. The normalized spacial score (nSPS) is 18.5. The third-order valence-corrected chi connectivity index (χ3v) is 4.58. The van der Waals surface area contributed by atoms with E-state index in [9.17, 15) is 0 Å². The van der Waals surface area contributed by atoms with Crippen molar-refractivity contribution in [3.8, 4) is 0 Å². The maximum Gasteiger partial charge on any atom is 0.0406 e. The van der Waals surface area contributed by atoms with Gasteiger partial charge in [-0.15, -0.1) is 0 Å². The van der Waals surface area contributed by atoms with E-state index in [0.717, 1.165) is 30.0 Å². The predicted octanol–water partition coefficient (Wildman–Crippen LogP) is 4.65. The van der Waals surface area contributed by atoms with Gasteiger partial charge in [-0.25, -0.2) is 0 Å². The second-order valence-corrected chi connectivity index (χ2v) is 6.16. The van der Waals surface area contributed by atoms with Gasteiger partial charge in [0.1, 0.15) is 0 Å². The summed E-state index contributed by atoms with van der Waals surface area (Å²) in [6.07, 6.45) is 3.31. The minimum atomic E-state index is 0.357. The Labute approximate surface area is 131 Å². The lowest BCUT2D eigenvalue weighted by Gasteiger charge is -2.23. The molecule has 1 aliphatic carbocycles. The Morgan fingerprint density at radius 2 is 2.00 bits per heavy atom. The molecule has 0 bridgehead atoms. The first kappa shape index (κ1) is 14.4. The maximum atomic E-state index is 5.98. The van der Waals surface area contributed by atoms with E-state index < -0.39 is 0 Å². The molecule has 0 aliphatic heterocycles. The third kappa shape index (κ3) is 3.07. The molecule has 0 heterocycles. The van der Waals surface area contributed by atoms with Crippen molar-refractivity contribution >= 4 is 17.3 Å². The number of nitrogens with one attached hydrogen (secondary N) is 1. The number of fused-ring (bicyclic) bond motifs is 1. The van der Waals surface area contributed by atoms with Gasteiger partial charge in [-0.1, -0.05) is 36.7 Å². The van der Waals surface area contributed by atoms with Gasteiger partial charge >= 0.3 is 0 Å². The number of hydrogen-bond acceptors (Lipinski definition) is 2. The van der Waals surface area contributed by atoms with Gasteiger partial charge < -0.3 is 11.1 Å². The van der Waals surface area contributed by atoms with Crippen LogP contribution in [0.1, 0.15) is 48.5 Å². The van der Waals surface area contributed by atoms with Crippen LogP contribution in [0.25, 0.3) is 0 Å². The third-order valence-electron chi connectivity index (χ3n) is 4.33. The molecule has 1 aliphatic rings. The largest absolute Gasteiger partial charge is 0.399 e. The molecule has 0 aromatic heterocycles. The van der Waals surface area contributed by atoms with Crippen molar-refractivity contribution < 1.29 is 0 Å². The Balaban J connectivity index is 1.78. The highest BCUT2D eigenvalue weighted by Gasteiger charge is 2.24. The van der Waals surface area contributed by atoms with Gasteiger partial charge in [0.2, 0.25) is 0 Å². The average molecular weight is 301 g/mol. The van der Waals surface area contributed by atoms with Crippen molar-refractivity contribution in [2.45, 2.75) is 38.3 Å². The van der Waals surface area contributed by atoms with Gasteiger partial charge in [0, 0.05) is 22.8 Å². The molecule has 2 aromatic carbocycles. The lowest BCUT2D eigenvalue weighted by Crippen LogP contribution is -2.24. The van der Waals surface area contributed by atoms with E-state index >= 15 is 0 Å². The molecule has 0 saturated heterocycles. The van der Waals surface area contributed by atoms with Crippen LogP contribution in [0.2, 0.25) is 5.02 Å². The van der Waals surface area contributed by atoms with Crippen LogP contribution in [0.4, 0.5) is 5.69 Å². The zero-order chi connectivity index (χ0) is 14.8. The van der Waals surface area contributed by atoms with E-state index in [1.54, 1.807) is 0 Å². The fraction of sp³-hybridized carbons (Fsp3) is 0.333. The number of nitrogen functional groups attached to an aromatic ring is 1. The van der Waals surface area contributed by atoms with E-state index in [-0.39, 0.29) is 0 Å². The van der Waals surface area contributed by atoms with Crippen LogP contribution in [-0.2, 0) is 6.42 Å². The lowest BCUT2D eigenvalue weighted by atomic mass is 10.0. The Kier molecular flexibility index (Phi) is 4.18. The van der Waals surface area contributed by atoms with E-state index in [1.807, 2.05) is 18.2 Å². The van der Waals surface area contributed by atoms with Crippen LogP contribution < -0.4 is 11.1 Å². The highest BCUT2D eigenvalue weighted by molar-refractivity contribution is 6.30. The number of hydrogen-bond donors (Lipinski definition) is 2. The van der Waals surface area contributed by atoms with E-state index in [1.165, 1.54) is 16.7 Å². The monoisotopic (exact) mass is 300 g/mol. The van der Waals surface area contributed by atoms with Crippen LogP contribution in [0.3, 0.4) is 0 Å². The van der Waals surface area contributed by atoms with Crippen molar-refractivity contribution in [3.05, 3.63) is 64.2 Å². The number of halogens is 1. The quantitative estimate of drug-likeness (QED) is 0.807. The molecule has 3 heteroatoms. The zero-order valence-corrected chi connectivity index (χ0v) is 13.0.